The molecule has 0 aliphatic rings. The number of hydrogen-bond donors (Lipinski definition) is 4. The highest BCUT2D eigenvalue weighted by atomic mass is 16.4. The molecule has 44 heavy (non-hydrogen) atoms. The van der Waals surface area contributed by atoms with Crippen molar-refractivity contribution in [3.05, 3.63) is 48.6 Å². The Kier molecular flexibility index (Phi) is 47.6. The smallest absolute Gasteiger partial charge is 0.303 e. The number of aliphatic hydroxyl groups excluding tert-OH is 1. The van der Waals surface area contributed by atoms with Gasteiger partial charge in [-0.1, -0.05) is 127 Å². The van der Waals surface area contributed by atoms with Crippen LogP contribution in [0.2, 0.25) is 0 Å². The summed E-state index contributed by atoms with van der Waals surface area (Å²) in [6, 6.07) is 0. The molecule has 0 spiro atoms. The average molecular weight is 622 g/mol. The normalized spacial score (nSPS) is 11.3. The summed E-state index contributed by atoms with van der Waals surface area (Å²) >= 11 is 0. The van der Waals surface area contributed by atoms with Crippen molar-refractivity contribution in [1.29, 1.82) is 0 Å². The molecule has 5 N–H and O–H groups in total. The average Bonchev–Trinajstić information content (AvgIpc) is 3.01. The predicted octanol–water partition coefficient (Wildman–Crippen LogP) is 10.7. The van der Waals surface area contributed by atoms with Crippen molar-refractivity contribution in [3.63, 3.8) is 0 Å². The van der Waals surface area contributed by atoms with Crippen LogP contribution in [-0.2, 0) is 9.59 Å². The number of allylic oxidation sites excluding steroid dienone is 8. The lowest BCUT2D eigenvalue weighted by molar-refractivity contribution is -0.138. The van der Waals surface area contributed by atoms with Crippen molar-refractivity contribution in [1.82, 2.24) is 0 Å². The van der Waals surface area contributed by atoms with Gasteiger partial charge in [-0.3, -0.25) is 9.59 Å². The third kappa shape index (κ3) is 55.7. The molecule has 0 saturated heterocycles. The molecule has 258 valence electrons. The Morgan fingerprint density at radius 1 is 0.477 bits per heavy atom. The monoisotopic (exact) mass is 622 g/mol. The van der Waals surface area contributed by atoms with E-state index in [9.17, 15) is 9.59 Å². The number of carboxylic acid groups (broad SMARTS) is 2. The van der Waals surface area contributed by atoms with Gasteiger partial charge in [-0.05, 0) is 77.0 Å². The van der Waals surface area contributed by atoms with E-state index in [2.05, 4.69) is 62.5 Å². The number of unbranched alkanes of at least 4 members (excludes halogenated alkanes) is 16. The van der Waals surface area contributed by atoms with Crippen LogP contribution in [0.3, 0.4) is 0 Å². The van der Waals surface area contributed by atoms with Gasteiger partial charge in [-0.2, -0.15) is 0 Å². The van der Waals surface area contributed by atoms with Gasteiger partial charge in [0.1, 0.15) is 0 Å². The van der Waals surface area contributed by atoms with E-state index in [1.54, 1.807) is 0 Å². The van der Waals surface area contributed by atoms with Gasteiger partial charge in [0.05, 0.1) is 6.61 Å². The van der Waals surface area contributed by atoms with Gasteiger partial charge in [0.25, 0.3) is 0 Å². The molecule has 0 unspecified atom stereocenters. The first-order valence-corrected chi connectivity index (χ1v) is 17.8. The topological polar surface area (TPSA) is 121 Å². The van der Waals surface area contributed by atoms with Crippen LogP contribution in [0.4, 0.5) is 0 Å². The van der Waals surface area contributed by atoms with E-state index in [0.29, 0.717) is 19.4 Å². The number of carboxylic acids is 2. The van der Waals surface area contributed by atoms with Crippen LogP contribution in [0.5, 0.6) is 0 Å². The summed E-state index contributed by atoms with van der Waals surface area (Å²) in [5.41, 5.74) is 4.78. The zero-order valence-corrected chi connectivity index (χ0v) is 28.7. The maximum atomic E-state index is 10.3. The molecule has 6 heteroatoms. The van der Waals surface area contributed by atoms with Crippen molar-refractivity contribution in [2.75, 3.05) is 13.2 Å². The van der Waals surface area contributed by atoms with Crippen LogP contribution in [0, 0.1) is 0 Å². The first kappa shape index (κ1) is 46.2. The minimum atomic E-state index is -0.671. The van der Waals surface area contributed by atoms with Gasteiger partial charge in [0.2, 0.25) is 0 Å². The molecule has 0 aromatic carbocycles. The second-order valence-electron chi connectivity index (χ2n) is 11.3. The molecule has 0 fully saturated rings. The van der Waals surface area contributed by atoms with Crippen LogP contribution in [0.1, 0.15) is 168 Å². The highest BCUT2D eigenvalue weighted by Gasteiger charge is 1.96. The Morgan fingerprint density at radius 3 is 1.02 bits per heavy atom. The Labute approximate surface area is 272 Å². The van der Waals surface area contributed by atoms with E-state index in [0.717, 1.165) is 51.4 Å². The van der Waals surface area contributed by atoms with Crippen molar-refractivity contribution in [2.24, 2.45) is 5.73 Å². The standard InChI is InChI=1S/2C18H32O2.C2H7NO/c2*1-2-3-4-5-6-7-8-9-10-11-12-13-14-15-16-17-18(19)20;3-1-2-4/h2*6-7,9-10H,2-5,8,11-17H2,1H3,(H,19,20);4H,1-3H2/b2*7-6-,10-9-;. The van der Waals surface area contributed by atoms with E-state index in [1.807, 2.05) is 0 Å². The first-order chi connectivity index (χ1) is 21.5. The van der Waals surface area contributed by atoms with Crippen molar-refractivity contribution in [3.8, 4) is 0 Å². The largest absolute Gasteiger partial charge is 0.481 e. The van der Waals surface area contributed by atoms with E-state index < -0.39 is 11.9 Å². The number of nitrogens with two attached hydrogens (primary N) is 1. The summed E-state index contributed by atoms with van der Waals surface area (Å²) in [4.78, 5) is 20.6. The Hall–Kier alpha value is -2.18. The number of aliphatic carboxylic acids is 2. The molecular weight excluding hydrogens is 550 g/mol. The fraction of sp³-hybridized carbons (Fsp3) is 0.737. The molecule has 0 atom stereocenters. The highest BCUT2D eigenvalue weighted by molar-refractivity contribution is 5.66. The molecule has 0 aliphatic heterocycles. The second kappa shape index (κ2) is 45.3. The molecule has 0 aromatic rings. The van der Waals surface area contributed by atoms with E-state index in [1.165, 1.54) is 89.9 Å². The second-order valence-corrected chi connectivity index (χ2v) is 11.3. The van der Waals surface area contributed by atoms with E-state index >= 15 is 0 Å². The summed E-state index contributed by atoms with van der Waals surface area (Å²) in [6.45, 7) is 4.94. The lowest BCUT2D eigenvalue weighted by Gasteiger charge is -1.98. The summed E-state index contributed by atoms with van der Waals surface area (Å²) in [5, 5.41) is 24.8. The summed E-state index contributed by atoms with van der Waals surface area (Å²) in [5.74, 6) is -1.34. The van der Waals surface area contributed by atoms with Gasteiger partial charge in [-0.15, -0.1) is 0 Å². The van der Waals surface area contributed by atoms with Crippen molar-refractivity contribution in [2.45, 2.75) is 168 Å². The van der Waals surface area contributed by atoms with Crippen LogP contribution in [0.25, 0.3) is 0 Å². The molecule has 0 bridgehead atoms. The number of rotatable bonds is 29. The van der Waals surface area contributed by atoms with E-state index in [-0.39, 0.29) is 6.61 Å². The Bertz CT molecular complexity index is 627. The molecule has 0 aromatic heterocycles. The number of hydrogen-bond acceptors (Lipinski definition) is 4. The van der Waals surface area contributed by atoms with Gasteiger partial charge in [-0.25, -0.2) is 0 Å². The van der Waals surface area contributed by atoms with Gasteiger partial charge in [0.15, 0.2) is 0 Å². The third-order valence-electron chi connectivity index (χ3n) is 6.81. The molecular formula is C38H71NO5. The SMILES string of the molecule is CCCCC/C=C\C/C=C\CCCCCCCC(=O)O.CCCCC/C=C\C/C=C\CCCCCCCC(=O)O.NCCO. The minimum Gasteiger partial charge on any atom is -0.481 e. The maximum absolute atomic E-state index is 10.3. The third-order valence-corrected chi connectivity index (χ3v) is 6.81. The van der Waals surface area contributed by atoms with E-state index in [4.69, 9.17) is 21.1 Å². The molecule has 0 heterocycles. The molecule has 0 amide bonds. The summed E-state index contributed by atoms with van der Waals surface area (Å²) in [6.07, 6.45) is 44.6. The quantitative estimate of drug-likeness (QED) is 0.0487. The predicted molar refractivity (Wildman–Crippen MR) is 190 cm³/mol. The summed E-state index contributed by atoms with van der Waals surface area (Å²) in [7, 11) is 0. The van der Waals surface area contributed by atoms with Crippen molar-refractivity contribution >= 4 is 11.9 Å². The maximum Gasteiger partial charge on any atom is 0.303 e. The molecule has 0 saturated carbocycles. The molecule has 6 nitrogen and oxygen atoms in total. The lowest BCUT2D eigenvalue weighted by atomic mass is 10.1. The minimum absolute atomic E-state index is 0.0972. The fourth-order valence-electron chi connectivity index (χ4n) is 4.18. The number of aliphatic hydroxyl groups is 1. The van der Waals surface area contributed by atoms with Crippen LogP contribution < -0.4 is 5.73 Å². The zero-order chi connectivity index (χ0) is 33.2. The lowest BCUT2D eigenvalue weighted by Crippen LogP contribution is -2.02. The highest BCUT2D eigenvalue weighted by Crippen LogP contribution is 2.09. The van der Waals surface area contributed by atoms with Crippen LogP contribution in [-0.4, -0.2) is 40.4 Å². The molecule has 0 radical (unpaired) electrons. The molecule has 0 rings (SSSR count). The Morgan fingerprint density at radius 2 is 0.750 bits per heavy atom. The fourth-order valence-corrected chi connectivity index (χ4v) is 4.18. The van der Waals surface area contributed by atoms with Gasteiger partial charge in [0, 0.05) is 19.4 Å². The first-order valence-electron chi connectivity index (χ1n) is 17.8. The van der Waals surface area contributed by atoms with Crippen LogP contribution >= 0.6 is 0 Å². The van der Waals surface area contributed by atoms with Gasteiger partial charge < -0.3 is 21.1 Å². The Balaban J connectivity index is -0.000000680. The van der Waals surface area contributed by atoms with Crippen LogP contribution in [0.15, 0.2) is 48.6 Å². The molecule has 0 aliphatic carbocycles. The number of carbonyl (C=O) groups is 2. The van der Waals surface area contributed by atoms with Crippen molar-refractivity contribution < 1.29 is 24.9 Å². The summed E-state index contributed by atoms with van der Waals surface area (Å²) < 4.78 is 0. The zero-order valence-electron chi connectivity index (χ0n) is 28.7. The van der Waals surface area contributed by atoms with Gasteiger partial charge >= 0.3 is 11.9 Å².